The first-order valence-corrected chi connectivity index (χ1v) is 9.05. The van der Waals surface area contributed by atoms with E-state index in [4.69, 9.17) is 14.2 Å². The monoisotopic (exact) mass is 358 g/mol. The van der Waals surface area contributed by atoms with Gasteiger partial charge in [0.25, 0.3) is 0 Å². The maximum absolute atomic E-state index is 11.8. The van der Waals surface area contributed by atoms with Gasteiger partial charge in [0.15, 0.2) is 5.96 Å². The first-order valence-electron chi connectivity index (χ1n) is 9.05. The SMILES string of the molecule is CCOCCCNC(=NCC(=O)N(C)C)NC(C)COC1CCOC1. The number of carbonyl (C=O) groups excluding carboxylic acids is 1. The van der Waals surface area contributed by atoms with E-state index in [0.29, 0.717) is 25.8 Å². The van der Waals surface area contributed by atoms with Crippen LogP contribution in [-0.2, 0) is 19.0 Å². The van der Waals surface area contributed by atoms with E-state index >= 15 is 0 Å². The zero-order valence-corrected chi connectivity index (χ0v) is 16.0. The molecular formula is C17H34N4O4. The molecule has 2 unspecified atom stereocenters. The second-order valence-electron chi connectivity index (χ2n) is 6.29. The highest BCUT2D eigenvalue weighted by Crippen LogP contribution is 2.08. The molecule has 1 fully saturated rings. The number of aliphatic imine (C=N–C) groups is 1. The Morgan fingerprint density at radius 2 is 2.24 bits per heavy atom. The van der Waals surface area contributed by atoms with E-state index in [1.165, 1.54) is 4.90 Å². The van der Waals surface area contributed by atoms with E-state index < -0.39 is 0 Å². The van der Waals surface area contributed by atoms with Crippen LogP contribution in [0.5, 0.6) is 0 Å². The number of ether oxygens (including phenoxy) is 3. The summed E-state index contributed by atoms with van der Waals surface area (Å²) in [5.74, 6) is 0.577. The van der Waals surface area contributed by atoms with E-state index in [9.17, 15) is 4.79 Å². The summed E-state index contributed by atoms with van der Waals surface area (Å²) < 4.78 is 16.5. The molecule has 1 amide bonds. The fraction of sp³-hybridized carbons (Fsp3) is 0.882. The number of carbonyl (C=O) groups is 1. The fourth-order valence-electron chi connectivity index (χ4n) is 2.17. The number of amides is 1. The van der Waals surface area contributed by atoms with E-state index in [1.807, 2.05) is 13.8 Å². The summed E-state index contributed by atoms with van der Waals surface area (Å²) in [5, 5.41) is 6.53. The predicted molar refractivity (Wildman–Crippen MR) is 97.9 cm³/mol. The number of rotatable bonds is 11. The molecule has 0 aromatic carbocycles. The lowest BCUT2D eigenvalue weighted by molar-refractivity contribution is -0.127. The Hall–Kier alpha value is -1.38. The number of guanidine groups is 1. The molecule has 0 spiro atoms. The highest BCUT2D eigenvalue weighted by Gasteiger charge is 2.17. The van der Waals surface area contributed by atoms with Crippen molar-refractivity contribution >= 4 is 11.9 Å². The smallest absolute Gasteiger partial charge is 0.243 e. The van der Waals surface area contributed by atoms with Gasteiger partial charge in [0.2, 0.25) is 5.91 Å². The fourth-order valence-corrected chi connectivity index (χ4v) is 2.17. The van der Waals surface area contributed by atoms with Gasteiger partial charge < -0.3 is 29.7 Å². The largest absolute Gasteiger partial charge is 0.382 e. The second kappa shape index (κ2) is 12.9. The summed E-state index contributed by atoms with van der Waals surface area (Å²) in [6.45, 7) is 8.27. The molecule has 1 saturated heterocycles. The Morgan fingerprint density at radius 3 is 2.88 bits per heavy atom. The quantitative estimate of drug-likeness (QED) is 0.312. The Labute approximate surface area is 151 Å². The third kappa shape index (κ3) is 10.3. The minimum absolute atomic E-state index is 0.0394. The molecule has 146 valence electrons. The summed E-state index contributed by atoms with van der Waals surface area (Å²) in [5.41, 5.74) is 0. The van der Waals surface area contributed by atoms with Gasteiger partial charge in [-0.15, -0.1) is 0 Å². The Balaban J connectivity index is 2.41. The first kappa shape index (κ1) is 21.7. The average molecular weight is 358 g/mol. The minimum Gasteiger partial charge on any atom is -0.382 e. The van der Waals surface area contributed by atoms with Gasteiger partial charge in [-0.2, -0.15) is 0 Å². The van der Waals surface area contributed by atoms with Crippen molar-refractivity contribution in [1.29, 1.82) is 0 Å². The molecule has 0 saturated carbocycles. The first-order chi connectivity index (χ1) is 12.0. The standard InChI is InChI=1S/C17H34N4O4/c1-5-23-9-6-8-18-17(19-11-16(22)21(3)4)20-14(2)12-25-15-7-10-24-13-15/h14-15H,5-13H2,1-4H3,(H2,18,19,20). The topological polar surface area (TPSA) is 84.4 Å². The predicted octanol–water partition coefficient (Wildman–Crippen LogP) is 0.230. The highest BCUT2D eigenvalue weighted by molar-refractivity contribution is 5.84. The van der Waals surface area contributed by atoms with Crippen molar-refractivity contribution in [3.05, 3.63) is 0 Å². The van der Waals surface area contributed by atoms with Crippen molar-refractivity contribution in [3.8, 4) is 0 Å². The summed E-state index contributed by atoms with van der Waals surface area (Å²) in [7, 11) is 3.45. The minimum atomic E-state index is -0.0394. The number of hydrogen-bond donors (Lipinski definition) is 2. The molecule has 1 aliphatic heterocycles. The molecule has 0 radical (unpaired) electrons. The molecule has 2 atom stereocenters. The van der Waals surface area contributed by atoms with Crippen molar-refractivity contribution in [2.75, 3.05) is 60.2 Å². The van der Waals surface area contributed by atoms with Crippen LogP contribution in [0.1, 0.15) is 26.7 Å². The van der Waals surface area contributed by atoms with Crippen molar-refractivity contribution in [1.82, 2.24) is 15.5 Å². The Bertz CT molecular complexity index is 398. The molecule has 25 heavy (non-hydrogen) atoms. The summed E-state index contributed by atoms with van der Waals surface area (Å²) in [6, 6.07) is 0.0770. The molecular weight excluding hydrogens is 324 g/mol. The van der Waals surface area contributed by atoms with Crippen LogP contribution >= 0.6 is 0 Å². The van der Waals surface area contributed by atoms with Gasteiger partial charge in [0, 0.05) is 46.5 Å². The van der Waals surface area contributed by atoms with Crippen molar-refractivity contribution in [3.63, 3.8) is 0 Å². The molecule has 1 aliphatic rings. The van der Waals surface area contributed by atoms with Crippen LogP contribution in [0.2, 0.25) is 0 Å². The number of likely N-dealkylation sites (N-methyl/N-ethyl adjacent to an activating group) is 1. The number of nitrogens with zero attached hydrogens (tertiary/aromatic N) is 2. The van der Waals surface area contributed by atoms with Gasteiger partial charge in [-0.1, -0.05) is 0 Å². The molecule has 1 heterocycles. The second-order valence-corrected chi connectivity index (χ2v) is 6.29. The molecule has 8 nitrogen and oxygen atoms in total. The molecule has 2 N–H and O–H groups in total. The van der Waals surface area contributed by atoms with Crippen LogP contribution in [0.3, 0.4) is 0 Å². The van der Waals surface area contributed by atoms with Crippen molar-refractivity contribution in [2.24, 2.45) is 4.99 Å². The number of nitrogens with one attached hydrogen (secondary N) is 2. The van der Waals surface area contributed by atoms with Gasteiger partial charge >= 0.3 is 0 Å². The molecule has 0 aromatic rings. The van der Waals surface area contributed by atoms with Crippen LogP contribution in [0.25, 0.3) is 0 Å². The average Bonchev–Trinajstić information content (AvgIpc) is 3.10. The van der Waals surface area contributed by atoms with Crippen molar-refractivity contribution < 1.29 is 19.0 Å². The summed E-state index contributed by atoms with van der Waals surface area (Å²) in [6.07, 6.45) is 2.00. The molecule has 1 rings (SSSR count). The third-order valence-electron chi connectivity index (χ3n) is 3.69. The van der Waals surface area contributed by atoms with Gasteiger partial charge in [0.1, 0.15) is 6.54 Å². The van der Waals surface area contributed by atoms with Gasteiger partial charge in [0.05, 0.1) is 19.3 Å². The van der Waals surface area contributed by atoms with Crippen molar-refractivity contribution in [2.45, 2.75) is 38.8 Å². The molecule has 8 heteroatoms. The Kier molecular flexibility index (Phi) is 11.2. The van der Waals surface area contributed by atoms with E-state index in [2.05, 4.69) is 15.6 Å². The van der Waals surface area contributed by atoms with E-state index in [0.717, 1.165) is 32.6 Å². The third-order valence-corrected chi connectivity index (χ3v) is 3.69. The lowest BCUT2D eigenvalue weighted by Gasteiger charge is -2.20. The Morgan fingerprint density at radius 1 is 1.44 bits per heavy atom. The van der Waals surface area contributed by atoms with Crippen LogP contribution in [0, 0.1) is 0 Å². The van der Waals surface area contributed by atoms with E-state index in [1.54, 1.807) is 14.1 Å². The van der Waals surface area contributed by atoms with Crippen LogP contribution < -0.4 is 10.6 Å². The number of hydrogen-bond acceptors (Lipinski definition) is 5. The van der Waals surface area contributed by atoms with E-state index in [-0.39, 0.29) is 24.6 Å². The maximum Gasteiger partial charge on any atom is 0.243 e. The highest BCUT2D eigenvalue weighted by atomic mass is 16.5. The molecule has 0 aromatic heterocycles. The van der Waals surface area contributed by atoms with Crippen LogP contribution in [0.15, 0.2) is 4.99 Å². The molecule has 0 aliphatic carbocycles. The summed E-state index contributed by atoms with van der Waals surface area (Å²) in [4.78, 5) is 17.6. The van der Waals surface area contributed by atoms with Crippen LogP contribution in [-0.4, -0.2) is 89.1 Å². The van der Waals surface area contributed by atoms with Gasteiger partial charge in [-0.25, -0.2) is 4.99 Å². The van der Waals surface area contributed by atoms with Gasteiger partial charge in [-0.3, -0.25) is 4.79 Å². The summed E-state index contributed by atoms with van der Waals surface area (Å²) >= 11 is 0. The zero-order chi connectivity index (χ0) is 18.5. The van der Waals surface area contributed by atoms with Crippen LogP contribution in [0.4, 0.5) is 0 Å². The normalized spacial score (nSPS) is 18.9. The van der Waals surface area contributed by atoms with Gasteiger partial charge in [-0.05, 0) is 26.7 Å². The lowest BCUT2D eigenvalue weighted by Crippen LogP contribution is -2.45. The maximum atomic E-state index is 11.8. The zero-order valence-electron chi connectivity index (χ0n) is 16.0. The lowest BCUT2D eigenvalue weighted by atomic mass is 10.3. The molecule has 0 bridgehead atoms.